The summed E-state index contributed by atoms with van der Waals surface area (Å²) in [6.45, 7) is 0.876. The first-order chi connectivity index (χ1) is 9.19. The molecule has 0 atom stereocenters. The molecule has 1 fully saturated rings. The van der Waals surface area contributed by atoms with Crippen LogP contribution in [0.2, 0.25) is 0 Å². The van der Waals surface area contributed by atoms with Gasteiger partial charge in [0.15, 0.2) is 0 Å². The van der Waals surface area contributed by atoms with Gasteiger partial charge in [-0.3, -0.25) is 4.79 Å². The van der Waals surface area contributed by atoms with Crippen molar-refractivity contribution in [1.82, 2.24) is 5.32 Å². The lowest BCUT2D eigenvalue weighted by molar-refractivity contribution is -0.142. The van der Waals surface area contributed by atoms with E-state index in [9.17, 15) is 4.79 Å². The Morgan fingerprint density at radius 3 is 2.21 bits per heavy atom. The maximum atomic E-state index is 10.9. The quantitative estimate of drug-likeness (QED) is 0.759. The monoisotopic (exact) mass is 263 g/mol. The summed E-state index contributed by atoms with van der Waals surface area (Å²) in [6, 6.07) is 8.31. The number of nitrogens with one attached hydrogen (secondary N) is 1. The van der Waals surface area contributed by atoms with Gasteiger partial charge in [-0.2, -0.15) is 0 Å². The van der Waals surface area contributed by atoms with Crippen molar-refractivity contribution in [1.29, 1.82) is 0 Å². The Labute approximate surface area is 113 Å². The smallest absolute Gasteiger partial charge is 0.306 e. The molecule has 1 aromatic carbocycles. The van der Waals surface area contributed by atoms with Gasteiger partial charge in [-0.25, -0.2) is 0 Å². The SMILES string of the molecule is O=C(O)C1CCC(NCc2ccc(CO)cc2)CC1. The van der Waals surface area contributed by atoms with E-state index in [-0.39, 0.29) is 12.5 Å². The molecule has 0 radical (unpaired) electrons. The third-order valence-electron chi connectivity index (χ3n) is 3.88. The molecule has 0 aromatic heterocycles. The van der Waals surface area contributed by atoms with Crippen molar-refractivity contribution >= 4 is 5.97 Å². The van der Waals surface area contributed by atoms with Gasteiger partial charge in [0.25, 0.3) is 0 Å². The molecule has 1 aliphatic rings. The summed E-state index contributed by atoms with van der Waals surface area (Å²) in [5, 5.41) is 21.4. The normalized spacial score (nSPS) is 23.2. The zero-order valence-corrected chi connectivity index (χ0v) is 11.0. The summed E-state index contributed by atoms with van der Waals surface area (Å²) in [7, 11) is 0. The molecular formula is C15H21NO3. The molecule has 0 aliphatic heterocycles. The minimum absolute atomic E-state index is 0.0763. The molecular weight excluding hydrogens is 242 g/mol. The van der Waals surface area contributed by atoms with Crippen molar-refractivity contribution in [3.63, 3.8) is 0 Å². The van der Waals surface area contributed by atoms with E-state index in [0.717, 1.165) is 37.8 Å². The molecule has 4 heteroatoms. The molecule has 0 heterocycles. The molecule has 0 saturated heterocycles. The summed E-state index contributed by atoms with van der Waals surface area (Å²) < 4.78 is 0. The number of aliphatic hydroxyl groups excluding tert-OH is 1. The van der Waals surface area contributed by atoms with Crippen LogP contribution in [0.25, 0.3) is 0 Å². The zero-order valence-electron chi connectivity index (χ0n) is 11.0. The van der Waals surface area contributed by atoms with E-state index in [1.54, 1.807) is 0 Å². The summed E-state index contributed by atoms with van der Waals surface area (Å²) >= 11 is 0. The van der Waals surface area contributed by atoms with E-state index >= 15 is 0 Å². The molecule has 4 nitrogen and oxygen atoms in total. The largest absolute Gasteiger partial charge is 0.481 e. The van der Waals surface area contributed by atoms with E-state index in [4.69, 9.17) is 10.2 Å². The predicted octanol–water partition coefficient (Wildman–Crippen LogP) is 1.91. The highest BCUT2D eigenvalue weighted by molar-refractivity contribution is 5.70. The number of benzene rings is 1. The van der Waals surface area contributed by atoms with Crippen LogP contribution in [0.15, 0.2) is 24.3 Å². The Morgan fingerprint density at radius 2 is 1.68 bits per heavy atom. The highest BCUT2D eigenvalue weighted by Crippen LogP contribution is 2.24. The minimum atomic E-state index is -0.655. The highest BCUT2D eigenvalue weighted by atomic mass is 16.4. The summed E-state index contributed by atoms with van der Waals surface area (Å²) in [5.74, 6) is -0.806. The van der Waals surface area contributed by atoms with Crippen LogP contribution < -0.4 is 5.32 Å². The maximum absolute atomic E-state index is 10.9. The average molecular weight is 263 g/mol. The van der Waals surface area contributed by atoms with Gasteiger partial charge in [0.2, 0.25) is 0 Å². The van der Waals surface area contributed by atoms with Gasteiger partial charge in [0, 0.05) is 12.6 Å². The first-order valence-corrected chi connectivity index (χ1v) is 6.84. The van der Waals surface area contributed by atoms with Gasteiger partial charge in [0.05, 0.1) is 12.5 Å². The van der Waals surface area contributed by atoms with Gasteiger partial charge < -0.3 is 15.5 Å². The molecule has 1 aromatic rings. The molecule has 2 rings (SSSR count). The Hall–Kier alpha value is -1.39. The summed E-state index contributed by atoms with van der Waals surface area (Å²) in [6.07, 6.45) is 3.42. The lowest BCUT2D eigenvalue weighted by Crippen LogP contribution is -2.34. The second-order valence-electron chi connectivity index (χ2n) is 5.24. The highest BCUT2D eigenvalue weighted by Gasteiger charge is 2.25. The summed E-state index contributed by atoms with van der Waals surface area (Å²) in [5.41, 5.74) is 2.11. The van der Waals surface area contributed by atoms with Gasteiger partial charge in [-0.1, -0.05) is 24.3 Å². The third kappa shape index (κ3) is 4.04. The lowest BCUT2D eigenvalue weighted by atomic mass is 9.86. The first kappa shape index (κ1) is 14.0. The number of carbonyl (C=O) groups is 1. The predicted molar refractivity (Wildman–Crippen MR) is 72.6 cm³/mol. The number of hydrogen-bond acceptors (Lipinski definition) is 3. The van der Waals surface area contributed by atoms with Crippen LogP contribution in [-0.2, 0) is 17.9 Å². The van der Waals surface area contributed by atoms with Crippen LogP contribution in [0.5, 0.6) is 0 Å². The van der Waals surface area contributed by atoms with Crippen molar-refractivity contribution in [3.8, 4) is 0 Å². The van der Waals surface area contributed by atoms with E-state index in [1.165, 1.54) is 5.56 Å². The third-order valence-corrected chi connectivity index (χ3v) is 3.88. The molecule has 1 saturated carbocycles. The van der Waals surface area contributed by atoms with Crippen LogP contribution in [0, 0.1) is 5.92 Å². The fraction of sp³-hybridized carbons (Fsp3) is 0.533. The van der Waals surface area contributed by atoms with E-state index in [2.05, 4.69) is 5.32 Å². The van der Waals surface area contributed by atoms with E-state index in [0.29, 0.717) is 6.04 Å². The number of carboxylic acid groups (broad SMARTS) is 1. The zero-order chi connectivity index (χ0) is 13.7. The molecule has 104 valence electrons. The number of hydrogen-bond donors (Lipinski definition) is 3. The second kappa shape index (κ2) is 6.68. The average Bonchev–Trinajstić information content (AvgIpc) is 2.46. The Morgan fingerprint density at radius 1 is 1.11 bits per heavy atom. The second-order valence-corrected chi connectivity index (χ2v) is 5.24. The van der Waals surface area contributed by atoms with Crippen LogP contribution in [0.1, 0.15) is 36.8 Å². The molecule has 19 heavy (non-hydrogen) atoms. The topological polar surface area (TPSA) is 69.6 Å². The van der Waals surface area contributed by atoms with Gasteiger partial charge in [0.1, 0.15) is 0 Å². The standard InChI is InChI=1S/C15H21NO3/c17-10-12-3-1-11(2-4-12)9-16-14-7-5-13(6-8-14)15(18)19/h1-4,13-14,16-17H,5-10H2,(H,18,19). The fourth-order valence-electron chi connectivity index (χ4n) is 2.57. The van der Waals surface area contributed by atoms with Gasteiger partial charge >= 0.3 is 5.97 Å². The molecule has 0 spiro atoms. The number of carboxylic acids is 1. The molecule has 0 bridgehead atoms. The van der Waals surface area contributed by atoms with Crippen LogP contribution in [-0.4, -0.2) is 22.2 Å². The van der Waals surface area contributed by atoms with Crippen molar-refractivity contribution in [3.05, 3.63) is 35.4 Å². The Kier molecular flexibility index (Phi) is 4.93. The van der Waals surface area contributed by atoms with Crippen molar-refractivity contribution in [2.24, 2.45) is 5.92 Å². The van der Waals surface area contributed by atoms with Crippen LogP contribution >= 0.6 is 0 Å². The van der Waals surface area contributed by atoms with E-state index in [1.807, 2.05) is 24.3 Å². The molecule has 1 aliphatic carbocycles. The molecule has 0 unspecified atom stereocenters. The molecule has 0 amide bonds. The lowest BCUT2D eigenvalue weighted by Gasteiger charge is -2.27. The van der Waals surface area contributed by atoms with Crippen LogP contribution in [0.3, 0.4) is 0 Å². The Bertz CT molecular complexity index is 408. The maximum Gasteiger partial charge on any atom is 0.306 e. The van der Waals surface area contributed by atoms with Crippen LogP contribution in [0.4, 0.5) is 0 Å². The number of rotatable bonds is 5. The van der Waals surface area contributed by atoms with Crippen molar-refractivity contribution < 1.29 is 15.0 Å². The van der Waals surface area contributed by atoms with Gasteiger partial charge in [-0.15, -0.1) is 0 Å². The van der Waals surface area contributed by atoms with Gasteiger partial charge in [-0.05, 0) is 36.8 Å². The number of aliphatic hydroxyl groups is 1. The van der Waals surface area contributed by atoms with Crippen molar-refractivity contribution in [2.75, 3.05) is 0 Å². The Balaban J connectivity index is 1.75. The minimum Gasteiger partial charge on any atom is -0.481 e. The first-order valence-electron chi connectivity index (χ1n) is 6.84. The van der Waals surface area contributed by atoms with E-state index < -0.39 is 5.97 Å². The fourth-order valence-corrected chi connectivity index (χ4v) is 2.57. The van der Waals surface area contributed by atoms with Crippen molar-refractivity contribution in [2.45, 2.75) is 44.9 Å². The number of aliphatic carboxylic acids is 1. The molecule has 3 N–H and O–H groups in total. The summed E-state index contributed by atoms with van der Waals surface area (Å²) in [4.78, 5) is 10.9.